The minimum Gasteiger partial charge on any atom is -0.469 e. The molecule has 0 spiro atoms. The number of hydrogen-bond donors (Lipinski definition) is 2. The van der Waals surface area contributed by atoms with Crippen LogP contribution in [0.4, 0.5) is 0 Å². The number of hydrogen-bond acceptors (Lipinski definition) is 6. The second kappa shape index (κ2) is 12.3. The predicted molar refractivity (Wildman–Crippen MR) is 68.2 cm³/mol. The summed E-state index contributed by atoms with van der Waals surface area (Å²) >= 11 is 0. The van der Waals surface area contributed by atoms with Gasteiger partial charge in [0.2, 0.25) is 0 Å². The van der Waals surface area contributed by atoms with E-state index in [2.05, 4.69) is 15.4 Å². The van der Waals surface area contributed by atoms with Crippen LogP contribution in [0.15, 0.2) is 0 Å². The molecular weight excluding hydrogens is 236 g/mol. The SMILES string of the molecule is CCOC(=O)CCNCCCNCCC(=O)OC. The molecule has 2 N–H and O–H groups in total. The molecule has 0 heterocycles. The van der Waals surface area contributed by atoms with Gasteiger partial charge in [0, 0.05) is 13.1 Å². The molecule has 0 radical (unpaired) electrons. The largest absolute Gasteiger partial charge is 0.469 e. The maximum Gasteiger partial charge on any atom is 0.307 e. The Bertz CT molecular complexity index is 234. The average Bonchev–Trinajstić information content (AvgIpc) is 2.36. The molecule has 6 nitrogen and oxygen atoms in total. The minimum atomic E-state index is -0.199. The maximum atomic E-state index is 11.0. The van der Waals surface area contributed by atoms with Gasteiger partial charge in [-0.25, -0.2) is 0 Å². The van der Waals surface area contributed by atoms with Gasteiger partial charge in [-0.3, -0.25) is 9.59 Å². The molecule has 0 atom stereocenters. The van der Waals surface area contributed by atoms with E-state index in [0.29, 0.717) is 32.5 Å². The highest BCUT2D eigenvalue weighted by atomic mass is 16.5. The molecule has 0 rings (SSSR count). The monoisotopic (exact) mass is 260 g/mol. The number of ether oxygens (including phenoxy) is 2. The quantitative estimate of drug-likeness (QED) is 0.404. The molecule has 106 valence electrons. The van der Waals surface area contributed by atoms with Crippen molar-refractivity contribution in [2.45, 2.75) is 26.2 Å². The second-order valence-corrected chi connectivity index (χ2v) is 3.73. The van der Waals surface area contributed by atoms with Crippen molar-refractivity contribution in [1.82, 2.24) is 10.6 Å². The third-order valence-corrected chi connectivity index (χ3v) is 2.25. The predicted octanol–water partition coefficient (Wildman–Crippen LogP) is 0.0720. The Kier molecular flexibility index (Phi) is 11.5. The summed E-state index contributed by atoms with van der Waals surface area (Å²) < 4.78 is 9.32. The van der Waals surface area contributed by atoms with Crippen molar-refractivity contribution in [3.8, 4) is 0 Å². The summed E-state index contributed by atoms with van der Waals surface area (Å²) in [6.45, 7) is 5.18. The highest BCUT2D eigenvalue weighted by Gasteiger charge is 2.00. The first kappa shape index (κ1) is 16.9. The Balaban J connectivity index is 3.12. The molecule has 0 saturated heterocycles. The number of nitrogens with one attached hydrogen (secondary N) is 2. The molecule has 6 heteroatoms. The van der Waals surface area contributed by atoms with E-state index in [1.54, 1.807) is 6.92 Å². The van der Waals surface area contributed by atoms with Gasteiger partial charge < -0.3 is 20.1 Å². The fourth-order valence-electron chi connectivity index (χ4n) is 1.30. The Morgan fingerprint density at radius 2 is 1.50 bits per heavy atom. The molecular formula is C12H24N2O4. The van der Waals surface area contributed by atoms with Gasteiger partial charge in [0.05, 0.1) is 26.6 Å². The van der Waals surface area contributed by atoms with Crippen molar-refractivity contribution in [2.75, 3.05) is 39.9 Å². The van der Waals surface area contributed by atoms with Crippen LogP contribution < -0.4 is 10.6 Å². The zero-order valence-corrected chi connectivity index (χ0v) is 11.3. The van der Waals surface area contributed by atoms with Crippen LogP contribution in [0, 0.1) is 0 Å². The number of rotatable bonds is 11. The van der Waals surface area contributed by atoms with Crippen LogP contribution in [0.25, 0.3) is 0 Å². The summed E-state index contributed by atoms with van der Waals surface area (Å²) in [6.07, 6.45) is 1.75. The molecule has 0 aliphatic heterocycles. The molecule has 0 aliphatic rings. The van der Waals surface area contributed by atoms with Crippen LogP contribution in [0.1, 0.15) is 26.2 Å². The van der Waals surface area contributed by atoms with Crippen LogP contribution in [0.5, 0.6) is 0 Å². The molecule has 0 fully saturated rings. The lowest BCUT2D eigenvalue weighted by molar-refractivity contribution is -0.143. The smallest absolute Gasteiger partial charge is 0.307 e. The molecule has 0 aliphatic carbocycles. The lowest BCUT2D eigenvalue weighted by atomic mass is 10.3. The van der Waals surface area contributed by atoms with Crippen LogP contribution >= 0.6 is 0 Å². The van der Waals surface area contributed by atoms with E-state index in [0.717, 1.165) is 19.5 Å². The average molecular weight is 260 g/mol. The van der Waals surface area contributed by atoms with E-state index < -0.39 is 0 Å². The van der Waals surface area contributed by atoms with Crippen LogP contribution in [-0.4, -0.2) is 51.8 Å². The minimum absolute atomic E-state index is 0.166. The third kappa shape index (κ3) is 11.3. The highest BCUT2D eigenvalue weighted by molar-refractivity contribution is 5.69. The van der Waals surface area contributed by atoms with E-state index >= 15 is 0 Å². The topological polar surface area (TPSA) is 76.7 Å². The molecule has 0 amide bonds. The zero-order valence-electron chi connectivity index (χ0n) is 11.3. The summed E-state index contributed by atoms with van der Waals surface area (Å²) in [4.78, 5) is 21.8. The van der Waals surface area contributed by atoms with Crippen molar-refractivity contribution in [1.29, 1.82) is 0 Å². The van der Waals surface area contributed by atoms with Crippen LogP contribution in [0.2, 0.25) is 0 Å². The molecule has 0 unspecified atom stereocenters. The highest BCUT2D eigenvalue weighted by Crippen LogP contribution is 1.85. The Hall–Kier alpha value is -1.14. The van der Waals surface area contributed by atoms with Gasteiger partial charge in [0.15, 0.2) is 0 Å². The van der Waals surface area contributed by atoms with Crippen LogP contribution in [0.3, 0.4) is 0 Å². The standard InChI is InChI=1S/C12H24N2O4/c1-3-18-12(16)6-10-14-8-4-7-13-9-5-11(15)17-2/h13-14H,3-10H2,1-2H3. The van der Waals surface area contributed by atoms with Crippen molar-refractivity contribution in [3.63, 3.8) is 0 Å². The van der Waals surface area contributed by atoms with E-state index in [9.17, 15) is 9.59 Å². The fraction of sp³-hybridized carbons (Fsp3) is 0.833. The molecule has 0 aromatic heterocycles. The number of methoxy groups -OCH3 is 1. The Labute approximate surface area is 108 Å². The van der Waals surface area contributed by atoms with Crippen molar-refractivity contribution >= 4 is 11.9 Å². The number of esters is 2. The van der Waals surface area contributed by atoms with Crippen molar-refractivity contribution in [3.05, 3.63) is 0 Å². The van der Waals surface area contributed by atoms with Gasteiger partial charge in [-0.05, 0) is 26.4 Å². The Morgan fingerprint density at radius 3 is 2.00 bits per heavy atom. The summed E-state index contributed by atoms with van der Waals surface area (Å²) in [6, 6.07) is 0. The lowest BCUT2D eigenvalue weighted by Crippen LogP contribution is -2.25. The van der Waals surface area contributed by atoms with Gasteiger partial charge >= 0.3 is 11.9 Å². The Morgan fingerprint density at radius 1 is 0.944 bits per heavy atom. The van der Waals surface area contributed by atoms with E-state index in [1.807, 2.05) is 0 Å². The zero-order chi connectivity index (χ0) is 13.6. The third-order valence-electron chi connectivity index (χ3n) is 2.25. The normalized spacial score (nSPS) is 10.1. The summed E-state index contributed by atoms with van der Waals surface area (Å²) in [5, 5.41) is 6.29. The number of carbonyl (C=O) groups is 2. The second-order valence-electron chi connectivity index (χ2n) is 3.73. The first-order chi connectivity index (χ1) is 8.70. The van der Waals surface area contributed by atoms with Gasteiger partial charge in [0.1, 0.15) is 0 Å². The fourth-order valence-corrected chi connectivity index (χ4v) is 1.30. The van der Waals surface area contributed by atoms with Crippen LogP contribution in [-0.2, 0) is 19.1 Å². The molecule has 0 aromatic rings. The molecule has 0 saturated carbocycles. The van der Waals surface area contributed by atoms with E-state index in [-0.39, 0.29) is 11.9 Å². The molecule has 0 bridgehead atoms. The maximum absolute atomic E-state index is 11.0. The van der Waals surface area contributed by atoms with Crippen molar-refractivity contribution in [2.24, 2.45) is 0 Å². The number of carbonyl (C=O) groups excluding carboxylic acids is 2. The summed E-state index contributed by atoms with van der Waals surface area (Å²) in [5.74, 6) is -0.365. The first-order valence-corrected chi connectivity index (χ1v) is 6.34. The van der Waals surface area contributed by atoms with Gasteiger partial charge in [-0.1, -0.05) is 0 Å². The molecule has 18 heavy (non-hydrogen) atoms. The first-order valence-electron chi connectivity index (χ1n) is 6.34. The van der Waals surface area contributed by atoms with Gasteiger partial charge in [-0.15, -0.1) is 0 Å². The van der Waals surface area contributed by atoms with Gasteiger partial charge in [0.25, 0.3) is 0 Å². The van der Waals surface area contributed by atoms with Gasteiger partial charge in [-0.2, -0.15) is 0 Å². The molecule has 0 aromatic carbocycles. The van der Waals surface area contributed by atoms with Crippen molar-refractivity contribution < 1.29 is 19.1 Å². The summed E-state index contributed by atoms with van der Waals surface area (Å²) in [7, 11) is 1.38. The lowest BCUT2D eigenvalue weighted by Gasteiger charge is -2.06. The summed E-state index contributed by atoms with van der Waals surface area (Å²) in [5.41, 5.74) is 0. The van der Waals surface area contributed by atoms with E-state index in [1.165, 1.54) is 7.11 Å². The van der Waals surface area contributed by atoms with E-state index in [4.69, 9.17) is 4.74 Å².